The van der Waals surface area contributed by atoms with Crippen molar-refractivity contribution in [3.8, 4) is 0 Å². The third-order valence-electron chi connectivity index (χ3n) is 2.73. The summed E-state index contributed by atoms with van der Waals surface area (Å²) in [5.41, 5.74) is 0. The van der Waals surface area contributed by atoms with E-state index in [1.165, 1.54) is 12.4 Å². The van der Waals surface area contributed by atoms with Gasteiger partial charge < -0.3 is 0 Å². The van der Waals surface area contributed by atoms with E-state index >= 15 is 0 Å². The van der Waals surface area contributed by atoms with Gasteiger partial charge in [0.2, 0.25) is 10.0 Å². The molecule has 5 nitrogen and oxygen atoms in total. The number of rotatable bonds is 2. The molecule has 1 unspecified atom stereocenters. The van der Waals surface area contributed by atoms with Crippen molar-refractivity contribution < 1.29 is 8.42 Å². The zero-order valence-corrected chi connectivity index (χ0v) is 9.50. The number of nitrogens with one attached hydrogen (secondary N) is 1. The number of hydrogen-bond donors (Lipinski definition) is 1. The van der Waals surface area contributed by atoms with Crippen LogP contribution in [-0.4, -0.2) is 36.0 Å². The Kier molecular flexibility index (Phi) is 2.79. The molecule has 1 atom stereocenters. The number of H-pyrrole nitrogens is 1. The molecular formula is C9H15N3O2S. The van der Waals surface area contributed by atoms with Gasteiger partial charge in [-0.3, -0.25) is 5.10 Å². The van der Waals surface area contributed by atoms with E-state index in [1.807, 2.05) is 0 Å². The van der Waals surface area contributed by atoms with Crippen LogP contribution in [0.5, 0.6) is 0 Å². The lowest BCUT2D eigenvalue weighted by atomic mass is 10.0. The van der Waals surface area contributed by atoms with Crippen molar-refractivity contribution in [1.82, 2.24) is 14.5 Å². The van der Waals surface area contributed by atoms with Crippen LogP contribution in [0.3, 0.4) is 0 Å². The zero-order chi connectivity index (χ0) is 10.9. The van der Waals surface area contributed by atoms with Crippen LogP contribution in [0, 0.1) is 5.92 Å². The van der Waals surface area contributed by atoms with Crippen LogP contribution in [0.1, 0.15) is 19.8 Å². The van der Waals surface area contributed by atoms with Gasteiger partial charge in [-0.25, -0.2) is 8.42 Å². The quantitative estimate of drug-likeness (QED) is 0.817. The molecule has 0 amide bonds. The van der Waals surface area contributed by atoms with Crippen molar-refractivity contribution in [1.29, 1.82) is 0 Å². The molecule has 0 spiro atoms. The number of aromatic nitrogens is 2. The van der Waals surface area contributed by atoms with E-state index in [2.05, 4.69) is 17.1 Å². The van der Waals surface area contributed by atoms with Gasteiger partial charge in [-0.15, -0.1) is 0 Å². The first kappa shape index (κ1) is 10.6. The fourth-order valence-electron chi connectivity index (χ4n) is 1.89. The third-order valence-corrected chi connectivity index (χ3v) is 4.56. The highest BCUT2D eigenvalue weighted by Gasteiger charge is 2.28. The Hall–Kier alpha value is -0.880. The summed E-state index contributed by atoms with van der Waals surface area (Å²) in [4.78, 5) is 0.261. The molecule has 0 saturated carbocycles. The van der Waals surface area contributed by atoms with Crippen LogP contribution >= 0.6 is 0 Å². The predicted octanol–water partition coefficient (Wildman–Crippen LogP) is 0.830. The Labute approximate surface area is 89.5 Å². The number of hydrogen-bond acceptors (Lipinski definition) is 3. The van der Waals surface area contributed by atoms with E-state index in [1.54, 1.807) is 4.31 Å². The minimum absolute atomic E-state index is 0.261. The zero-order valence-electron chi connectivity index (χ0n) is 8.68. The Morgan fingerprint density at radius 1 is 1.60 bits per heavy atom. The van der Waals surface area contributed by atoms with E-state index in [0.29, 0.717) is 19.0 Å². The maximum atomic E-state index is 12.1. The second kappa shape index (κ2) is 3.94. The monoisotopic (exact) mass is 229 g/mol. The van der Waals surface area contributed by atoms with E-state index in [9.17, 15) is 8.42 Å². The molecule has 0 aromatic carbocycles. The lowest BCUT2D eigenvalue weighted by molar-refractivity contribution is 0.281. The summed E-state index contributed by atoms with van der Waals surface area (Å²) >= 11 is 0. The summed E-state index contributed by atoms with van der Waals surface area (Å²) in [6.07, 6.45) is 4.83. The van der Waals surface area contributed by atoms with Crippen molar-refractivity contribution >= 4 is 10.0 Å². The fourth-order valence-corrected chi connectivity index (χ4v) is 3.40. The highest BCUT2D eigenvalue weighted by molar-refractivity contribution is 7.89. The molecule has 0 aliphatic carbocycles. The SMILES string of the molecule is CC1CCCN(S(=O)(=O)c2cn[nH]c2)C1. The van der Waals surface area contributed by atoms with Crippen molar-refractivity contribution in [2.45, 2.75) is 24.7 Å². The molecule has 15 heavy (non-hydrogen) atoms. The molecule has 0 radical (unpaired) electrons. The summed E-state index contributed by atoms with van der Waals surface area (Å²) in [6, 6.07) is 0. The van der Waals surface area contributed by atoms with Crippen LogP contribution in [0.4, 0.5) is 0 Å². The smallest absolute Gasteiger partial charge is 0.246 e. The topological polar surface area (TPSA) is 66.1 Å². The van der Waals surface area contributed by atoms with Crippen LogP contribution in [0.2, 0.25) is 0 Å². The fraction of sp³-hybridized carbons (Fsp3) is 0.667. The van der Waals surface area contributed by atoms with Crippen molar-refractivity contribution in [2.75, 3.05) is 13.1 Å². The van der Waals surface area contributed by atoms with Crippen LogP contribution in [-0.2, 0) is 10.0 Å². The minimum atomic E-state index is -3.31. The highest BCUT2D eigenvalue weighted by atomic mass is 32.2. The Balaban J connectivity index is 2.22. The molecule has 2 heterocycles. The average molecular weight is 229 g/mol. The number of sulfonamides is 1. The van der Waals surface area contributed by atoms with Gasteiger partial charge in [0.1, 0.15) is 4.90 Å². The van der Waals surface area contributed by atoms with Gasteiger partial charge in [-0.05, 0) is 18.8 Å². The summed E-state index contributed by atoms with van der Waals surface area (Å²) < 4.78 is 25.7. The van der Waals surface area contributed by atoms with Crippen LogP contribution in [0.25, 0.3) is 0 Å². The van der Waals surface area contributed by atoms with Crippen LogP contribution < -0.4 is 0 Å². The molecule has 1 aromatic rings. The average Bonchev–Trinajstić information content (AvgIpc) is 2.71. The number of aromatic amines is 1. The normalized spacial score (nSPS) is 24.2. The second-order valence-corrected chi connectivity index (χ2v) is 5.98. The lowest BCUT2D eigenvalue weighted by Crippen LogP contribution is -2.38. The molecule has 1 saturated heterocycles. The predicted molar refractivity (Wildman–Crippen MR) is 55.7 cm³/mol. The van der Waals surface area contributed by atoms with Crippen molar-refractivity contribution in [2.24, 2.45) is 5.92 Å². The largest absolute Gasteiger partial charge is 0.284 e. The maximum Gasteiger partial charge on any atom is 0.246 e. The second-order valence-electron chi connectivity index (χ2n) is 4.04. The molecule has 2 rings (SSSR count). The minimum Gasteiger partial charge on any atom is -0.284 e. The number of nitrogens with zero attached hydrogens (tertiary/aromatic N) is 2. The van der Waals surface area contributed by atoms with Gasteiger partial charge in [-0.2, -0.15) is 9.40 Å². The van der Waals surface area contributed by atoms with Gasteiger partial charge in [0.05, 0.1) is 6.20 Å². The first-order chi connectivity index (χ1) is 7.10. The third kappa shape index (κ3) is 2.05. The van der Waals surface area contributed by atoms with Gasteiger partial charge in [0.25, 0.3) is 0 Å². The standard InChI is InChI=1S/C9H15N3O2S/c1-8-3-2-4-12(7-8)15(13,14)9-5-10-11-6-9/h5-6,8H,2-4,7H2,1H3,(H,10,11). The lowest BCUT2D eigenvalue weighted by Gasteiger charge is -2.29. The first-order valence-corrected chi connectivity index (χ1v) is 6.53. The van der Waals surface area contributed by atoms with Gasteiger partial charge in [0, 0.05) is 19.3 Å². The summed E-state index contributed by atoms with van der Waals surface area (Å²) in [6.45, 7) is 3.32. The highest BCUT2D eigenvalue weighted by Crippen LogP contribution is 2.22. The Morgan fingerprint density at radius 2 is 2.40 bits per heavy atom. The van der Waals surface area contributed by atoms with Gasteiger partial charge >= 0.3 is 0 Å². The molecule has 1 fully saturated rings. The molecule has 84 valence electrons. The van der Waals surface area contributed by atoms with E-state index in [4.69, 9.17) is 0 Å². The van der Waals surface area contributed by atoms with E-state index in [-0.39, 0.29) is 4.90 Å². The van der Waals surface area contributed by atoms with Crippen LogP contribution in [0.15, 0.2) is 17.3 Å². The molecular weight excluding hydrogens is 214 g/mol. The molecule has 1 N–H and O–H groups in total. The molecule has 1 aliphatic heterocycles. The van der Waals surface area contributed by atoms with E-state index < -0.39 is 10.0 Å². The summed E-state index contributed by atoms with van der Waals surface area (Å²) in [5, 5.41) is 6.20. The van der Waals surface area contributed by atoms with E-state index in [0.717, 1.165) is 12.8 Å². The first-order valence-electron chi connectivity index (χ1n) is 5.09. The summed E-state index contributed by atoms with van der Waals surface area (Å²) in [7, 11) is -3.31. The van der Waals surface area contributed by atoms with Crippen molar-refractivity contribution in [3.05, 3.63) is 12.4 Å². The van der Waals surface area contributed by atoms with Gasteiger partial charge in [0.15, 0.2) is 0 Å². The molecule has 6 heteroatoms. The number of piperidine rings is 1. The van der Waals surface area contributed by atoms with Crippen molar-refractivity contribution in [3.63, 3.8) is 0 Å². The Morgan fingerprint density at radius 3 is 3.00 bits per heavy atom. The molecule has 1 aliphatic rings. The Bertz CT molecular complexity index is 413. The summed E-state index contributed by atoms with van der Waals surface area (Å²) in [5.74, 6) is 0.445. The molecule has 1 aromatic heterocycles. The maximum absolute atomic E-state index is 12.1. The molecule has 0 bridgehead atoms. The van der Waals surface area contributed by atoms with Gasteiger partial charge in [-0.1, -0.05) is 6.92 Å².